The van der Waals surface area contributed by atoms with Crippen molar-refractivity contribution in [2.75, 3.05) is 39.7 Å². The number of nitrogens with one attached hydrogen (secondary N) is 2. The summed E-state index contributed by atoms with van der Waals surface area (Å²) < 4.78 is 16.7. The van der Waals surface area contributed by atoms with Gasteiger partial charge in [0.25, 0.3) is 5.56 Å². The van der Waals surface area contributed by atoms with Crippen molar-refractivity contribution in [2.45, 2.75) is 13.5 Å². The number of benzene rings is 2. The van der Waals surface area contributed by atoms with Crippen LogP contribution < -0.4 is 25.1 Å². The molecule has 0 fully saturated rings. The maximum absolute atomic E-state index is 12.9. The summed E-state index contributed by atoms with van der Waals surface area (Å²) in [7, 11) is 5.17. The maximum atomic E-state index is 12.9. The zero-order valence-corrected chi connectivity index (χ0v) is 22.2. The van der Waals surface area contributed by atoms with Crippen LogP contribution in [0.15, 0.2) is 59.7 Å². The average molecular weight is 528 g/mol. The Kier molecular flexibility index (Phi) is 7.50. The minimum Gasteiger partial charge on any atom is -0.493 e. The van der Waals surface area contributed by atoms with Crippen LogP contribution in [0.5, 0.6) is 17.2 Å². The van der Waals surface area contributed by atoms with Crippen LogP contribution in [0.2, 0.25) is 0 Å². The normalized spacial score (nSPS) is 11.2. The highest BCUT2D eigenvalue weighted by molar-refractivity contribution is 5.86. The summed E-state index contributed by atoms with van der Waals surface area (Å²) in [5, 5.41) is 4.27. The van der Waals surface area contributed by atoms with Gasteiger partial charge in [-0.25, -0.2) is 15.0 Å². The third kappa shape index (κ3) is 5.88. The van der Waals surface area contributed by atoms with E-state index < -0.39 is 0 Å². The molecule has 0 atom stereocenters. The number of pyridine rings is 1. The number of aromatic amines is 1. The molecule has 2 aromatic carbocycles. The predicted molar refractivity (Wildman–Crippen MR) is 149 cm³/mol. The van der Waals surface area contributed by atoms with Crippen molar-refractivity contribution in [3.05, 3.63) is 76.5 Å². The second-order valence-electron chi connectivity index (χ2n) is 9.02. The number of ether oxygens (including phenoxy) is 3. The first-order valence-electron chi connectivity index (χ1n) is 12.3. The Balaban J connectivity index is 1.29. The third-order valence-electron chi connectivity index (χ3n) is 6.22. The van der Waals surface area contributed by atoms with Gasteiger partial charge in [-0.2, -0.15) is 0 Å². The van der Waals surface area contributed by atoms with Crippen molar-refractivity contribution in [2.24, 2.45) is 0 Å². The molecule has 0 bridgehead atoms. The monoisotopic (exact) mass is 527 g/mol. The van der Waals surface area contributed by atoms with Crippen LogP contribution in [-0.2, 0) is 6.54 Å². The predicted octanol–water partition coefficient (Wildman–Crippen LogP) is 3.84. The summed E-state index contributed by atoms with van der Waals surface area (Å²) in [6.45, 7) is 3.84. The Labute approximate surface area is 224 Å². The van der Waals surface area contributed by atoms with E-state index in [1.54, 1.807) is 44.7 Å². The fourth-order valence-corrected chi connectivity index (χ4v) is 4.24. The fourth-order valence-electron chi connectivity index (χ4n) is 4.24. The molecule has 11 nitrogen and oxygen atoms in total. The minimum atomic E-state index is -0.300. The van der Waals surface area contributed by atoms with Gasteiger partial charge in [-0.05, 0) is 49.9 Å². The second-order valence-corrected chi connectivity index (χ2v) is 9.02. The molecule has 5 rings (SSSR count). The van der Waals surface area contributed by atoms with Gasteiger partial charge in [-0.15, -0.1) is 0 Å². The van der Waals surface area contributed by atoms with Gasteiger partial charge in [-0.3, -0.25) is 25.0 Å². The topological polar surface area (TPSA) is 127 Å². The Morgan fingerprint density at radius 3 is 2.56 bits per heavy atom. The number of anilines is 2. The second kappa shape index (κ2) is 11.3. The number of rotatable bonds is 10. The first kappa shape index (κ1) is 25.9. The quantitative estimate of drug-likeness (QED) is 0.276. The van der Waals surface area contributed by atoms with Crippen LogP contribution in [0.4, 0.5) is 11.9 Å². The molecule has 39 heavy (non-hydrogen) atoms. The van der Waals surface area contributed by atoms with Crippen LogP contribution >= 0.6 is 0 Å². The average Bonchev–Trinajstić information content (AvgIpc) is 2.93. The molecule has 11 heteroatoms. The minimum absolute atomic E-state index is 0.234. The molecular weight excluding hydrogens is 498 g/mol. The lowest BCUT2D eigenvalue weighted by Crippen LogP contribution is -2.24. The first-order valence-corrected chi connectivity index (χ1v) is 12.3. The number of nitrogens with zero attached hydrogens (tertiary/aromatic N) is 5. The van der Waals surface area contributed by atoms with Crippen molar-refractivity contribution in [1.82, 2.24) is 29.8 Å². The van der Waals surface area contributed by atoms with Crippen LogP contribution in [0.25, 0.3) is 21.8 Å². The van der Waals surface area contributed by atoms with Crippen LogP contribution in [-0.4, -0.2) is 64.2 Å². The molecule has 0 saturated carbocycles. The summed E-state index contributed by atoms with van der Waals surface area (Å²) in [5.41, 5.74) is 2.76. The van der Waals surface area contributed by atoms with E-state index in [2.05, 4.69) is 35.1 Å². The van der Waals surface area contributed by atoms with Gasteiger partial charge in [0.2, 0.25) is 11.9 Å². The van der Waals surface area contributed by atoms with Gasteiger partial charge in [0.1, 0.15) is 12.4 Å². The van der Waals surface area contributed by atoms with Gasteiger partial charge in [-0.1, -0.05) is 6.07 Å². The Hall–Kier alpha value is -4.77. The van der Waals surface area contributed by atoms with Crippen molar-refractivity contribution >= 4 is 33.7 Å². The zero-order valence-electron chi connectivity index (χ0n) is 22.2. The smallest absolute Gasteiger partial charge is 0.260 e. The standard InChI is InChI=1S/C28H29N7O4/c1-17-20-13-24(37-3)25(38-4)14-23(20)32-27(30-17)34-28-31-22-8-7-19(12-21(22)26(36)33-28)39-11-10-35(2)16-18-6-5-9-29-15-18/h5-9,12-15H,10-11,16H2,1-4H3,(H2,30,31,32,33,34,36). The lowest BCUT2D eigenvalue weighted by molar-refractivity contribution is 0.233. The molecule has 3 heterocycles. The summed E-state index contributed by atoms with van der Waals surface area (Å²) in [4.78, 5) is 35.6. The molecule has 0 radical (unpaired) electrons. The summed E-state index contributed by atoms with van der Waals surface area (Å²) in [5.74, 6) is 2.29. The molecule has 0 aliphatic heterocycles. The molecule has 2 N–H and O–H groups in total. The van der Waals surface area contributed by atoms with E-state index in [0.29, 0.717) is 52.8 Å². The van der Waals surface area contributed by atoms with Crippen molar-refractivity contribution in [3.63, 3.8) is 0 Å². The lowest BCUT2D eigenvalue weighted by atomic mass is 10.1. The molecule has 0 aliphatic rings. The van der Waals surface area contributed by atoms with Gasteiger partial charge in [0.05, 0.1) is 36.3 Å². The van der Waals surface area contributed by atoms with E-state index in [9.17, 15) is 4.79 Å². The number of likely N-dealkylation sites (N-methyl/N-ethyl adjacent to an activating group) is 1. The Morgan fingerprint density at radius 1 is 0.974 bits per heavy atom. The maximum Gasteiger partial charge on any atom is 0.260 e. The number of aryl methyl sites for hydroxylation is 1. The third-order valence-corrected chi connectivity index (χ3v) is 6.22. The summed E-state index contributed by atoms with van der Waals surface area (Å²) in [6.07, 6.45) is 3.61. The molecule has 0 amide bonds. The lowest BCUT2D eigenvalue weighted by Gasteiger charge is -2.17. The van der Waals surface area contributed by atoms with E-state index >= 15 is 0 Å². The number of hydrogen-bond donors (Lipinski definition) is 2. The number of aromatic nitrogens is 5. The van der Waals surface area contributed by atoms with Gasteiger partial charge in [0.15, 0.2) is 11.5 Å². The zero-order chi connectivity index (χ0) is 27.4. The van der Waals surface area contributed by atoms with Gasteiger partial charge >= 0.3 is 0 Å². The molecule has 5 aromatic rings. The number of methoxy groups -OCH3 is 2. The molecule has 0 aliphatic carbocycles. The van der Waals surface area contributed by atoms with E-state index in [1.165, 1.54) is 0 Å². The van der Waals surface area contributed by atoms with E-state index in [4.69, 9.17) is 14.2 Å². The SMILES string of the molecule is COc1cc2nc(Nc3nc4ccc(OCCN(C)Cc5cccnc5)cc4c(=O)[nH]3)nc(C)c2cc1OC. The van der Waals surface area contributed by atoms with Crippen molar-refractivity contribution in [3.8, 4) is 17.2 Å². The van der Waals surface area contributed by atoms with Crippen molar-refractivity contribution < 1.29 is 14.2 Å². The largest absolute Gasteiger partial charge is 0.493 e. The Bertz CT molecular complexity index is 1670. The molecule has 200 valence electrons. The van der Waals surface area contributed by atoms with Crippen molar-refractivity contribution in [1.29, 1.82) is 0 Å². The van der Waals surface area contributed by atoms with Gasteiger partial charge < -0.3 is 14.2 Å². The molecule has 3 aromatic heterocycles. The highest BCUT2D eigenvalue weighted by Gasteiger charge is 2.13. The summed E-state index contributed by atoms with van der Waals surface area (Å²) >= 11 is 0. The van der Waals surface area contributed by atoms with Crippen LogP contribution in [0, 0.1) is 6.92 Å². The number of H-pyrrole nitrogens is 1. The Morgan fingerprint density at radius 2 is 1.79 bits per heavy atom. The number of hydrogen-bond acceptors (Lipinski definition) is 10. The first-order chi connectivity index (χ1) is 18.9. The molecule has 0 unspecified atom stereocenters. The highest BCUT2D eigenvalue weighted by atomic mass is 16.5. The van der Waals surface area contributed by atoms with Crippen LogP contribution in [0.1, 0.15) is 11.3 Å². The highest BCUT2D eigenvalue weighted by Crippen LogP contribution is 2.33. The molecular formula is C28H29N7O4. The molecule has 0 saturated heterocycles. The molecule has 0 spiro atoms. The fraction of sp³-hybridized carbons (Fsp3) is 0.250. The van der Waals surface area contributed by atoms with Gasteiger partial charge in [0, 0.05) is 36.9 Å². The van der Waals surface area contributed by atoms with E-state index in [0.717, 1.165) is 23.2 Å². The van der Waals surface area contributed by atoms with E-state index in [-0.39, 0.29) is 11.5 Å². The van der Waals surface area contributed by atoms with Crippen LogP contribution in [0.3, 0.4) is 0 Å². The summed E-state index contributed by atoms with van der Waals surface area (Å²) in [6, 6.07) is 12.8. The number of fused-ring (bicyclic) bond motifs is 2. The van der Waals surface area contributed by atoms with E-state index in [1.807, 2.05) is 38.4 Å².